The molecule has 1 N–H and O–H groups in total. The van der Waals surface area contributed by atoms with Crippen molar-refractivity contribution in [2.75, 3.05) is 26.2 Å². The average molecular weight is 538 g/mol. The summed E-state index contributed by atoms with van der Waals surface area (Å²) in [5.74, 6) is 0.600. The molecule has 2 atom stereocenters. The molecule has 10 heteroatoms. The summed E-state index contributed by atoms with van der Waals surface area (Å²) in [5.41, 5.74) is 2.32. The quantitative estimate of drug-likeness (QED) is 0.502. The Hall–Kier alpha value is -3.62. The van der Waals surface area contributed by atoms with Gasteiger partial charge in [0, 0.05) is 29.3 Å². The van der Waals surface area contributed by atoms with E-state index in [1.165, 1.54) is 4.90 Å². The number of benzene rings is 2. The molecule has 1 unspecified atom stereocenters. The molecule has 8 nitrogen and oxygen atoms in total. The Morgan fingerprint density at radius 2 is 1.73 bits per heavy atom. The first kappa shape index (κ1) is 25.0. The van der Waals surface area contributed by atoms with Crippen molar-refractivity contribution in [3.05, 3.63) is 93.6 Å². The van der Waals surface area contributed by atoms with Crippen molar-refractivity contribution in [1.29, 1.82) is 0 Å². The number of rotatable bonds is 5. The first-order valence-corrected chi connectivity index (χ1v) is 12.7. The van der Waals surface area contributed by atoms with Crippen LogP contribution in [0, 0.1) is 0 Å². The van der Waals surface area contributed by atoms with E-state index in [1.807, 2.05) is 37.3 Å². The molecule has 2 aliphatic heterocycles. The van der Waals surface area contributed by atoms with Crippen LogP contribution in [0.3, 0.4) is 0 Å². The van der Waals surface area contributed by atoms with Gasteiger partial charge in [-0.05, 0) is 54.4 Å². The lowest BCUT2D eigenvalue weighted by Crippen LogP contribution is -2.55. The summed E-state index contributed by atoms with van der Waals surface area (Å²) in [6.07, 6.45) is 1.64. The van der Waals surface area contributed by atoms with Gasteiger partial charge in [0.05, 0.1) is 18.2 Å². The van der Waals surface area contributed by atoms with E-state index in [-0.39, 0.29) is 18.5 Å². The number of carbonyl (C=O) groups excluding carboxylic acids is 2. The Labute approximate surface area is 224 Å². The van der Waals surface area contributed by atoms with Crippen LogP contribution in [-0.4, -0.2) is 58.8 Å². The molecule has 0 bridgehead atoms. The standard InChI is InChI=1S/C27H25Cl2N5O3/c1-2-37-26-21(4-3-13-31-26)25-32-23(17-5-9-19(28)10-6-17)24(18-7-11-20(29)12-8-18)34(25)27(36)33-15-14-30-22(35)16-33/h3-13,23-24H,2,14-16H2,1H3,(H,30,35)/t23-,24?/m0/s1. The number of ether oxygens (including phenoxy) is 1. The second-order valence-electron chi connectivity index (χ2n) is 8.66. The van der Waals surface area contributed by atoms with Crippen LogP contribution in [0.4, 0.5) is 4.79 Å². The summed E-state index contributed by atoms with van der Waals surface area (Å²) in [6, 6.07) is 17.1. The fraction of sp³-hybridized carbons (Fsp3) is 0.259. The number of aliphatic imine (C=N–C) groups is 1. The van der Waals surface area contributed by atoms with Gasteiger partial charge in [0.2, 0.25) is 11.8 Å². The number of amidine groups is 1. The number of aromatic nitrogens is 1. The Kier molecular flexibility index (Phi) is 7.30. The SMILES string of the molecule is CCOc1ncccc1C1=N[C@@H](c2ccc(Cl)cc2)C(c2ccc(Cl)cc2)N1C(=O)N1CCNC(=O)C1. The van der Waals surface area contributed by atoms with E-state index in [9.17, 15) is 9.59 Å². The molecule has 0 radical (unpaired) electrons. The first-order valence-electron chi connectivity index (χ1n) is 12.0. The number of halogens is 2. The van der Waals surface area contributed by atoms with Crippen LogP contribution in [-0.2, 0) is 4.79 Å². The number of hydrogen-bond acceptors (Lipinski definition) is 5. The third-order valence-corrected chi connectivity index (χ3v) is 6.80. The van der Waals surface area contributed by atoms with Gasteiger partial charge in [-0.25, -0.2) is 9.78 Å². The maximum atomic E-state index is 14.2. The Balaban J connectivity index is 1.69. The van der Waals surface area contributed by atoms with Gasteiger partial charge in [-0.2, -0.15) is 0 Å². The number of pyridine rings is 1. The van der Waals surface area contributed by atoms with Crippen LogP contribution in [0.1, 0.15) is 35.7 Å². The number of nitrogens with zero attached hydrogens (tertiary/aromatic N) is 4. The van der Waals surface area contributed by atoms with Gasteiger partial charge in [-0.3, -0.25) is 14.7 Å². The van der Waals surface area contributed by atoms with Crippen molar-refractivity contribution in [3.63, 3.8) is 0 Å². The molecule has 0 saturated carbocycles. The highest BCUT2D eigenvalue weighted by molar-refractivity contribution is 6.30. The van der Waals surface area contributed by atoms with Crippen molar-refractivity contribution >= 4 is 41.0 Å². The lowest BCUT2D eigenvalue weighted by Gasteiger charge is -2.35. The molecular formula is C27H25Cl2N5O3. The third kappa shape index (κ3) is 5.12. The number of hydrogen-bond donors (Lipinski definition) is 1. The van der Waals surface area contributed by atoms with Gasteiger partial charge in [0.15, 0.2) is 0 Å². The van der Waals surface area contributed by atoms with Crippen molar-refractivity contribution in [2.45, 2.75) is 19.0 Å². The summed E-state index contributed by atoms with van der Waals surface area (Å²) >= 11 is 12.4. The normalized spacial score (nSPS) is 19.4. The molecule has 0 aliphatic carbocycles. The fourth-order valence-corrected chi connectivity index (χ4v) is 4.87. The molecule has 3 aromatic rings. The monoisotopic (exact) mass is 537 g/mol. The molecule has 1 aromatic heterocycles. The van der Waals surface area contributed by atoms with E-state index in [0.29, 0.717) is 47.0 Å². The van der Waals surface area contributed by atoms with E-state index < -0.39 is 12.1 Å². The zero-order valence-corrected chi connectivity index (χ0v) is 21.6. The number of nitrogens with one attached hydrogen (secondary N) is 1. The number of piperazine rings is 1. The zero-order chi connectivity index (χ0) is 25.9. The van der Waals surface area contributed by atoms with Gasteiger partial charge in [-0.1, -0.05) is 47.5 Å². The van der Waals surface area contributed by atoms with Gasteiger partial charge in [0.25, 0.3) is 0 Å². The Morgan fingerprint density at radius 1 is 1.05 bits per heavy atom. The molecule has 37 heavy (non-hydrogen) atoms. The van der Waals surface area contributed by atoms with Crippen molar-refractivity contribution < 1.29 is 14.3 Å². The largest absolute Gasteiger partial charge is 0.477 e. The van der Waals surface area contributed by atoms with Crippen LogP contribution in [0.5, 0.6) is 5.88 Å². The molecule has 3 heterocycles. The molecule has 190 valence electrons. The lowest BCUT2D eigenvalue weighted by atomic mass is 9.93. The van der Waals surface area contributed by atoms with Crippen molar-refractivity contribution in [2.24, 2.45) is 4.99 Å². The average Bonchev–Trinajstić information content (AvgIpc) is 3.30. The van der Waals surface area contributed by atoms with Crippen molar-refractivity contribution in [1.82, 2.24) is 20.1 Å². The van der Waals surface area contributed by atoms with Crippen LogP contribution >= 0.6 is 23.2 Å². The smallest absolute Gasteiger partial charge is 0.326 e. The fourth-order valence-electron chi connectivity index (χ4n) is 4.62. The minimum Gasteiger partial charge on any atom is -0.477 e. The van der Waals surface area contributed by atoms with Gasteiger partial charge < -0.3 is 15.0 Å². The number of amides is 3. The zero-order valence-electron chi connectivity index (χ0n) is 20.1. The highest BCUT2D eigenvalue weighted by atomic mass is 35.5. The van der Waals surface area contributed by atoms with Gasteiger partial charge in [0.1, 0.15) is 18.4 Å². The molecule has 2 aliphatic rings. The predicted molar refractivity (Wildman–Crippen MR) is 142 cm³/mol. The highest BCUT2D eigenvalue weighted by Gasteiger charge is 2.45. The van der Waals surface area contributed by atoms with Crippen LogP contribution in [0.15, 0.2) is 71.9 Å². The minimum absolute atomic E-state index is 0.0348. The summed E-state index contributed by atoms with van der Waals surface area (Å²) in [6.45, 7) is 3.01. The number of urea groups is 1. The number of carbonyl (C=O) groups is 2. The first-order chi connectivity index (χ1) is 18.0. The summed E-state index contributed by atoms with van der Waals surface area (Å²) in [4.78, 5) is 39.0. The highest BCUT2D eigenvalue weighted by Crippen LogP contribution is 2.45. The summed E-state index contributed by atoms with van der Waals surface area (Å²) in [5, 5.41) is 3.97. The van der Waals surface area contributed by atoms with E-state index in [1.54, 1.807) is 41.4 Å². The third-order valence-electron chi connectivity index (χ3n) is 6.30. The molecule has 0 spiro atoms. The van der Waals surface area contributed by atoms with E-state index in [0.717, 1.165) is 11.1 Å². The van der Waals surface area contributed by atoms with Crippen LogP contribution in [0.25, 0.3) is 0 Å². The molecule has 2 aromatic carbocycles. The van der Waals surface area contributed by atoms with E-state index in [4.69, 9.17) is 32.9 Å². The second-order valence-corrected chi connectivity index (χ2v) is 9.53. The minimum atomic E-state index is -0.513. The molecule has 5 rings (SSSR count). The lowest BCUT2D eigenvalue weighted by molar-refractivity contribution is -0.123. The molecule has 1 saturated heterocycles. The van der Waals surface area contributed by atoms with Crippen molar-refractivity contribution in [3.8, 4) is 5.88 Å². The maximum absolute atomic E-state index is 14.2. The predicted octanol–water partition coefficient (Wildman–Crippen LogP) is 4.88. The Morgan fingerprint density at radius 3 is 2.38 bits per heavy atom. The topological polar surface area (TPSA) is 87.1 Å². The molecular weight excluding hydrogens is 513 g/mol. The van der Waals surface area contributed by atoms with Gasteiger partial charge in [-0.15, -0.1) is 0 Å². The molecule has 1 fully saturated rings. The summed E-state index contributed by atoms with van der Waals surface area (Å²) in [7, 11) is 0. The van der Waals surface area contributed by atoms with E-state index >= 15 is 0 Å². The second kappa shape index (κ2) is 10.8. The molecule has 3 amide bonds. The van der Waals surface area contributed by atoms with Gasteiger partial charge >= 0.3 is 6.03 Å². The Bertz CT molecular complexity index is 1330. The van der Waals surface area contributed by atoms with Crippen LogP contribution < -0.4 is 10.1 Å². The van der Waals surface area contributed by atoms with Crippen LogP contribution in [0.2, 0.25) is 10.0 Å². The van der Waals surface area contributed by atoms with E-state index in [2.05, 4.69) is 10.3 Å². The maximum Gasteiger partial charge on any atom is 0.326 e. The summed E-state index contributed by atoms with van der Waals surface area (Å²) < 4.78 is 5.81.